The molecule has 3 N–H and O–H groups in total. The Morgan fingerprint density at radius 1 is 0.841 bits per heavy atom. The Balaban J connectivity index is 1.52. The van der Waals surface area contributed by atoms with Gasteiger partial charge in [0.25, 0.3) is 11.8 Å². The van der Waals surface area contributed by atoms with E-state index in [9.17, 15) is 14.4 Å². The monoisotopic (exact) mass is 609 g/mol. The van der Waals surface area contributed by atoms with Crippen molar-refractivity contribution in [2.24, 2.45) is 0 Å². The standard InChI is InChI=1S/C35H35N3O5S/c1-5-24-15-9-12-23(2)32(24)38-31(39)22-44-28-18-11-17-27(21-28)36-35(41)29(37-34(40)25-13-7-6-8-14-25)20-26-16-10-19-30(42-3)33(26)43-4/h6-21H,5,22H2,1-4H3,(H,36,41)(H,37,40)(H,38,39)/b29-20+. The summed E-state index contributed by atoms with van der Waals surface area (Å²) in [5, 5.41) is 8.64. The fraction of sp³-hybridized carbons (Fsp3) is 0.171. The van der Waals surface area contributed by atoms with E-state index >= 15 is 0 Å². The normalized spacial score (nSPS) is 11.0. The fourth-order valence-corrected chi connectivity index (χ4v) is 5.27. The molecule has 0 spiro atoms. The van der Waals surface area contributed by atoms with Gasteiger partial charge in [-0.3, -0.25) is 14.4 Å². The first-order valence-corrected chi connectivity index (χ1v) is 15.0. The van der Waals surface area contributed by atoms with E-state index in [1.54, 1.807) is 66.7 Å². The van der Waals surface area contributed by atoms with Crippen LogP contribution in [0.5, 0.6) is 11.5 Å². The summed E-state index contributed by atoms with van der Waals surface area (Å²) in [4.78, 5) is 40.2. The molecule has 3 amide bonds. The lowest BCUT2D eigenvalue weighted by Crippen LogP contribution is -2.30. The summed E-state index contributed by atoms with van der Waals surface area (Å²) >= 11 is 1.36. The highest BCUT2D eigenvalue weighted by atomic mass is 32.2. The third-order valence-corrected chi connectivity index (χ3v) is 7.72. The zero-order chi connectivity index (χ0) is 31.5. The maximum absolute atomic E-state index is 13.6. The lowest BCUT2D eigenvalue weighted by atomic mass is 10.1. The number of rotatable bonds is 12. The molecule has 9 heteroatoms. The zero-order valence-electron chi connectivity index (χ0n) is 25.1. The summed E-state index contributed by atoms with van der Waals surface area (Å²) in [6.07, 6.45) is 2.36. The van der Waals surface area contributed by atoms with Crippen molar-refractivity contribution in [2.45, 2.75) is 25.2 Å². The van der Waals surface area contributed by atoms with Crippen LogP contribution in [-0.2, 0) is 16.0 Å². The molecule has 0 aliphatic rings. The number of amides is 3. The highest BCUT2D eigenvalue weighted by Gasteiger charge is 2.18. The molecule has 0 aliphatic heterocycles. The van der Waals surface area contributed by atoms with Crippen molar-refractivity contribution in [3.8, 4) is 11.5 Å². The summed E-state index contributed by atoms with van der Waals surface area (Å²) in [6.45, 7) is 4.03. The van der Waals surface area contributed by atoms with Crippen LogP contribution in [-0.4, -0.2) is 37.7 Å². The van der Waals surface area contributed by atoms with E-state index in [1.807, 2.05) is 31.2 Å². The first-order valence-electron chi connectivity index (χ1n) is 14.0. The SMILES string of the molecule is CCc1cccc(C)c1NC(=O)CSc1cccc(NC(=O)/C(=C\c2cccc(OC)c2OC)NC(=O)c2ccccc2)c1. The third kappa shape index (κ3) is 8.29. The molecule has 226 valence electrons. The largest absolute Gasteiger partial charge is 0.493 e. The van der Waals surface area contributed by atoms with Crippen LogP contribution in [0, 0.1) is 6.92 Å². The molecule has 4 aromatic rings. The molecule has 0 heterocycles. The van der Waals surface area contributed by atoms with Crippen LogP contribution in [0.4, 0.5) is 11.4 Å². The number of aryl methyl sites for hydroxylation is 2. The maximum atomic E-state index is 13.6. The first kappa shape index (κ1) is 31.9. The lowest BCUT2D eigenvalue weighted by molar-refractivity contribution is -0.114. The van der Waals surface area contributed by atoms with Gasteiger partial charge in [0.1, 0.15) is 5.70 Å². The average molecular weight is 610 g/mol. The Morgan fingerprint density at radius 3 is 2.32 bits per heavy atom. The molecule has 8 nitrogen and oxygen atoms in total. The van der Waals surface area contributed by atoms with Crippen molar-refractivity contribution >= 4 is 46.9 Å². The number of carbonyl (C=O) groups excluding carboxylic acids is 3. The number of nitrogens with one attached hydrogen (secondary N) is 3. The third-order valence-electron chi connectivity index (χ3n) is 6.73. The van der Waals surface area contributed by atoms with E-state index in [0.29, 0.717) is 28.3 Å². The van der Waals surface area contributed by atoms with E-state index < -0.39 is 11.8 Å². The van der Waals surface area contributed by atoms with Crippen LogP contribution in [0.25, 0.3) is 6.08 Å². The van der Waals surface area contributed by atoms with Crippen molar-refractivity contribution < 1.29 is 23.9 Å². The van der Waals surface area contributed by atoms with Crippen molar-refractivity contribution in [1.29, 1.82) is 0 Å². The molecule has 0 bridgehead atoms. The number of methoxy groups -OCH3 is 2. The second kappa shape index (κ2) is 15.5. The van der Waals surface area contributed by atoms with Crippen molar-refractivity contribution in [3.63, 3.8) is 0 Å². The van der Waals surface area contributed by atoms with E-state index in [2.05, 4.69) is 22.9 Å². The van der Waals surface area contributed by atoms with Crippen LogP contribution in [0.2, 0.25) is 0 Å². The van der Waals surface area contributed by atoms with Crippen molar-refractivity contribution in [3.05, 3.63) is 119 Å². The van der Waals surface area contributed by atoms with Crippen LogP contribution in [0.3, 0.4) is 0 Å². The number of para-hydroxylation sites is 2. The Bertz CT molecular complexity index is 1670. The molecule has 4 rings (SSSR count). The molecule has 44 heavy (non-hydrogen) atoms. The van der Waals surface area contributed by atoms with E-state index in [1.165, 1.54) is 32.1 Å². The number of anilines is 2. The van der Waals surface area contributed by atoms with E-state index in [4.69, 9.17) is 9.47 Å². The molecule has 0 aromatic heterocycles. The molecule has 0 atom stereocenters. The molecular weight excluding hydrogens is 574 g/mol. The number of hydrogen-bond acceptors (Lipinski definition) is 6. The summed E-state index contributed by atoms with van der Waals surface area (Å²) in [5.74, 6) is 0.00692. The Kier molecular flexibility index (Phi) is 11.2. The minimum atomic E-state index is -0.536. The zero-order valence-corrected chi connectivity index (χ0v) is 25.9. The maximum Gasteiger partial charge on any atom is 0.272 e. The van der Waals surface area contributed by atoms with Gasteiger partial charge in [-0.15, -0.1) is 11.8 Å². The van der Waals surface area contributed by atoms with Gasteiger partial charge in [0.15, 0.2) is 11.5 Å². The van der Waals surface area contributed by atoms with Gasteiger partial charge in [-0.1, -0.05) is 61.5 Å². The van der Waals surface area contributed by atoms with E-state index in [0.717, 1.165) is 28.1 Å². The predicted molar refractivity (Wildman–Crippen MR) is 176 cm³/mol. The predicted octanol–water partition coefficient (Wildman–Crippen LogP) is 6.72. The molecular formula is C35H35N3O5S. The molecule has 0 saturated carbocycles. The molecule has 0 aliphatic carbocycles. The van der Waals surface area contributed by atoms with Gasteiger partial charge in [0.05, 0.1) is 20.0 Å². The molecule has 4 aromatic carbocycles. The second-order valence-corrected chi connectivity index (χ2v) is 10.8. The van der Waals surface area contributed by atoms with Gasteiger partial charge >= 0.3 is 0 Å². The Hall–Kier alpha value is -5.02. The average Bonchev–Trinajstić information content (AvgIpc) is 3.04. The van der Waals surface area contributed by atoms with Crippen molar-refractivity contribution in [1.82, 2.24) is 5.32 Å². The minimum absolute atomic E-state index is 0.00722. The highest BCUT2D eigenvalue weighted by Crippen LogP contribution is 2.32. The first-order chi connectivity index (χ1) is 21.3. The van der Waals surface area contributed by atoms with Gasteiger partial charge < -0.3 is 25.4 Å². The topological polar surface area (TPSA) is 106 Å². The van der Waals surface area contributed by atoms with E-state index in [-0.39, 0.29) is 17.4 Å². The lowest BCUT2D eigenvalue weighted by Gasteiger charge is -2.14. The van der Waals surface area contributed by atoms with Crippen LogP contribution >= 0.6 is 11.8 Å². The van der Waals surface area contributed by atoms with Gasteiger partial charge in [0.2, 0.25) is 5.91 Å². The molecule has 0 fully saturated rings. The van der Waals surface area contributed by atoms with Gasteiger partial charge in [-0.25, -0.2) is 0 Å². The molecule has 0 unspecified atom stereocenters. The highest BCUT2D eigenvalue weighted by molar-refractivity contribution is 8.00. The number of benzene rings is 4. The van der Waals surface area contributed by atoms with Crippen LogP contribution in [0.15, 0.2) is 102 Å². The Labute approximate surface area is 261 Å². The van der Waals surface area contributed by atoms with Crippen molar-refractivity contribution in [2.75, 3.05) is 30.6 Å². The number of carbonyl (C=O) groups is 3. The fourth-order valence-electron chi connectivity index (χ4n) is 4.51. The van der Waals surface area contributed by atoms with Gasteiger partial charge in [-0.2, -0.15) is 0 Å². The minimum Gasteiger partial charge on any atom is -0.493 e. The Morgan fingerprint density at radius 2 is 1.59 bits per heavy atom. The number of ether oxygens (including phenoxy) is 2. The number of hydrogen-bond donors (Lipinski definition) is 3. The quantitative estimate of drug-likeness (QED) is 0.122. The summed E-state index contributed by atoms with van der Waals surface area (Å²) in [7, 11) is 3.03. The molecule has 0 radical (unpaired) electrons. The number of thioether (sulfide) groups is 1. The van der Waals surface area contributed by atoms with Gasteiger partial charge in [-0.05, 0) is 66.9 Å². The summed E-state index contributed by atoms with van der Waals surface area (Å²) < 4.78 is 10.9. The summed E-state index contributed by atoms with van der Waals surface area (Å²) in [5.41, 5.74) is 4.41. The molecule has 0 saturated heterocycles. The van der Waals surface area contributed by atoms with Crippen LogP contribution in [0.1, 0.15) is 34.0 Å². The second-order valence-electron chi connectivity index (χ2n) is 9.74. The smallest absolute Gasteiger partial charge is 0.272 e. The van der Waals surface area contributed by atoms with Gasteiger partial charge in [0, 0.05) is 27.4 Å². The van der Waals surface area contributed by atoms with Crippen LogP contribution < -0.4 is 25.4 Å². The summed E-state index contributed by atoms with van der Waals surface area (Å²) in [6, 6.07) is 27.0.